The lowest BCUT2D eigenvalue weighted by Crippen LogP contribution is -2.23. The third-order valence-corrected chi connectivity index (χ3v) is 0.617. The van der Waals surface area contributed by atoms with Gasteiger partial charge < -0.3 is 14.6 Å². The highest BCUT2D eigenvalue weighted by Gasteiger charge is 1.84. The molecule has 0 spiro atoms. The van der Waals surface area contributed by atoms with Gasteiger partial charge in [0.1, 0.15) is 0 Å². The molecule has 46 valence electrons. The van der Waals surface area contributed by atoms with E-state index in [2.05, 4.69) is 4.74 Å². The van der Waals surface area contributed by atoms with Crippen molar-refractivity contribution >= 4 is 5.97 Å². The maximum absolute atomic E-state index is 9.83. The van der Waals surface area contributed by atoms with Gasteiger partial charge >= 0.3 is 0 Å². The summed E-state index contributed by atoms with van der Waals surface area (Å²) in [6.07, 6.45) is 1.12. The molecule has 3 nitrogen and oxygen atoms in total. The van der Waals surface area contributed by atoms with E-state index in [1.807, 2.05) is 0 Å². The number of carboxylic acid groups (broad SMARTS) is 1. The number of hydrogen-bond donors (Lipinski definition) is 0. The topological polar surface area (TPSA) is 49.4 Å². The highest BCUT2D eigenvalue weighted by molar-refractivity contribution is 5.83. The number of ether oxygens (including phenoxy) is 1. The standard InChI is InChI=1S/C5H8O3/c1-4(3-8-2)5(6)7/h3H,1-2H3,(H,6,7)/p-1/b4-3+. The molecule has 0 amide bonds. The van der Waals surface area contributed by atoms with Crippen LogP contribution in [0.3, 0.4) is 0 Å². The Kier molecular flexibility index (Phi) is 2.69. The molecule has 0 rings (SSSR count). The average Bonchev–Trinajstić information content (AvgIpc) is 1.67. The van der Waals surface area contributed by atoms with E-state index < -0.39 is 5.97 Å². The Balaban J connectivity index is 3.80. The molecule has 0 aliphatic heterocycles. The molecule has 0 unspecified atom stereocenters. The lowest BCUT2D eigenvalue weighted by molar-refractivity contribution is -0.299. The molecular weight excluding hydrogens is 108 g/mol. The van der Waals surface area contributed by atoms with Gasteiger partial charge in [-0.1, -0.05) is 0 Å². The summed E-state index contributed by atoms with van der Waals surface area (Å²) in [5, 5.41) is 9.83. The first-order chi connectivity index (χ1) is 3.68. The maximum atomic E-state index is 9.83. The molecule has 0 aromatic carbocycles. The highest BCUT2D eigenvalue weighted by Crippen LogP contribution is 1.87. The number of rotatable bonds is 2. The van der Waals surface area contributed by atoms with E-state index in [0.29, 0.717) is 0 Å². The van der Waals surface area contributed by atoms with Crippen LogP contribution in [0.15, 0.2) is 11.8 Å². The zero-order valence-corrected chi connectivity index (χ0v) is 4.80. The Morgan fingerprint density at radius 2 is 2.25 bits per heavy atom. The molecule has 0 saturated carbocycles. The second kappa shape index (κ2) is 3.07. The Hall–Kier alpha value is -0.990. The predicted molar refractivity (Wildman–Crippen MR) is 25.8 cm³/mol. The van der Waals surface area contributed by atoms with Gasteiger partial charge in [-0.3, -0.25) is 0 Å². The zero-order chi connectivity index (χ0) is 6.57. The molecule has 0 saturated heterocycles. The molecule has 0 aliphatic carbocycles. The Bertz CT molecular complexity index is 115. The quantitative estimate of drug-likeness (QED) is 0.352. The van der Waals surface area contributed by atoms with Crippen molar-refractivity contribution in [3.05, 3.63) is 11.8 Å². The Morgan fingerprint density at radius 3 is 2.38 bits per heavy atom. The van der Waals surface area contributed by atoms with Crippen molar-refractivity contribution in [2.24, 2.45) is 0 Å². The summed E-state index contributed by atoms with van der Waals surface area (Å²) in [6.45, 7) is 1.40. The van der Waals surface area contributed by atoms with Gasteiger partial charge in [0.2, 0.25) is 0 Å². The fourth-order valence-electron chi connectivity index (χ4n) is 0.225. The molecule has 0 heterocycles. The highest BCUT2D eigenvalue weighted by atomic mass is 16.5. The number of hydrogen-bond acceptors (Lipinski definition) is 3. The van der Waals surface area contributed by atoms with E-state index >= 15 is 0 Å². The smallest absolute Gasteiger partial charge is 0.0871 e. The minimum Gasteiger partial charge on any atom is -0.545 e. The van der Waals surface area contributed by atoms with Crippen molar-refractivity contribution in [1.29, 1.82) is 0 Å². The first kappa shape index (κ1) is 7.01. The minimum absolute atomic E-state index is 0.0903. The van der Waals surface area contributed by atoms with E-state index in [-0.39, 0.29) is 5.57 Å². The second-order valence-corrected chi connectivity index (χ2v) is 1.32. The van der Waals surface area contributed by atoms with E-state index in [1.165, 1.54) is 14.0 Å². The third-order valence-electron chi connectivity index (χ3n) is 0.617. The van der Waals surface area contributed by atoms with Gasteiger partial charge in [0, 0.05) is 5.57 Å². The van der Waals surface area contributed by atoms with Gasteiger partial charge in [0.15, 0.2) is 0 Å². The normalized spacial score (nSPS) is 11.0. The van der Waals surface area contributed by atoms with Crippen molar-refractivity contribution in [1.82, 2.24) is 0 Å². The van der Waals surface area contributed by atoms with Crippen LogP contribution < -0.4 is 5.11 Å². The first-order valence-corrected chi connectivity index (χ1v) is 2.09. The number of carbonyl (C=O) groups is 1. The second-order valence-electron chi connectivity index (χ2n) is 1.32. The monoisotopic (exact) mass is 115 g/mol. The lowest BCUT2D eigenvalue weighted by Gasteiger charge is -1.98. The number of carbonyl (C=O) groups excluding carboxylic acids is 1. The van der Waals surface area contributed by atoms with Crippen LogP contribution in [0.4, 0.5) is 0 Å². The SMILES string of the molecule is CO/C=C(\C)C(=O)[O-]. The average molecular weight is 115 g/mol. The predicted octanol–water partition coefficient (Wildman–Crippen LogP) is -0.714. The van der Waals surface area contributed by atoms with Crippen LogP contribution in [0.2, 0.25) is 0 Å². The summed E-state index contributed by atoms with van der Waals surface area (Å²) in [6, 6.07) is 0. The van der Waals surface area contributed by atoms with E-state index in [0.717, 1.165) is 6.26 Å². The largest absolute Gasteiger partial charge is 0.545 e. The fourth-order valence-corrected chi connectivity index (χ4v) is 0.225. The van der Waals surface area contributed by atoms with Crippen LogP contribution >= 0.6 is 0 Å². The van der Waals surface area contributed by atoms with Crippen LogP contribution in [-0.4, -0.2) is 13.1 Å². The maximum Gasteiger partial charge on any atom is 0.0871 e. The Labute approximate surface area is 47.6 Å². The summed E-state index contributed by atoms with van der Waals surface area (Å²) >= 11 is 0. The van der Waals surface area contributed by atoms with Crippen LogP contribution in [-0.2, 0) is 9.53 Å². The molecule has 0 aromatic rings. The van der Waals surface area contributed by atoms with Gasteiger partial charge in [-0.2, -0.15) is 0 Å². The molecule has 3 heteroatoms. The molecule has 8 heavy (non-hydrogen) atoms. The van der Waals surface area contributed by atoms with E-state index in [4.69, 9.17) is 0 Å². The molecule has 0 aliphatic rings. The third kappa shape index (κ3) is 2.23. The van der Waals surface area contributed by atoms with Gasteiger partial charge in [0.05, 0.1) is 19.3 Å². The number of carboxylic acids is 1. The van der Waals surface area contributed by atoms with Crippen molar-refractivity contribution in [2.45, 2.75) is 6.92 Å². The molecule has 0 fully saturated rings. The van der Waals surface area contributed by atoms with Crippen molar-refractivity contribution in [3.8, 4) is 0 Å². The zero-order valence-electron chi connectivity index (χ0n) is 4.80. The summed E-state index contributed by atoms with van der Waals surface area (Å²) in [4.78, 5) is 9.83. The van der Waals surface area contributed by atoms with E-state index in [9.17, 15) is 9.90 Å². The number of methoxy groups -OCH3 is 1. The summed E-state index contributed by atoms with van der Waals surface area (Å²) in [5.41, 5.74) is 0.0903. The fraction of sp³-hybridized carbons (Fsp3) is 0.400. The van der Waals surface area contributed by atoms with E-state index in [1.54, 1.807) is 0 Å². The van der Waals surface area contributed by atoms with Crippen molar-refractivity contribution in [2.75, 3.05) is 7.11 Å². The summed E-state index contributed by atoms with van der Waals surface area (Å²) < 4.78 is 4.38. The molecule has 0 bridgehead atoms. The minimum atomic E-state index is -1.20. The Morgan fingerprint density at radius 1 is 1.75 bits per heavy atom. The van der Waals surface area contributed by atoms with Crippen molar-refractivity contribution in [3.63, 3.8) is 0 Å². The van der Waals surface area contributed by atoms with Crippen LogP contribution in [0.1, 0.15) is 6.92 Å². The summed E-state index contributed by atoms with van der Waals surface area (Å²) in [7, 11) is 1.38. The van der Waals surface area contributed by atoms with Crippen molar-refractivity contribution < 1.29 is 14.6 Å². The summed E-state index contributed by atoms with van der Waals surface area (Å²) in [5.74, 6) is -1.20. The van der Waals surface area contributed by atoms with Gasteiger partial charge in [-0.05, 0) is 6.92 Å². The van der Waals surface area contributed by atoms with Crippen LogP contribution in [0.25, 0.3) is 0 Å². The molecular formula is C5H7O3-. The molecule has 0 N–H and O–H groups in total. The van der Waals surface area contributed by atoms with Gasteiger partial charge in [-0.15, -0.1) is 0 Å². The molecule has 0 radical (unpaired) electrons. The first-order valence-electron chi connectivity index (χ1n) is 2.09. The number of aliphatic carboxylic acids is 1. The van der Waals surface area contributed by atoms with Crippen LogP contribution in [0.5, 0.6) is 0 Å². The molecule has 0 atom stereocenters. The van der Waals surface area contributed by atoms with Gasteiger partial charge in [0.25, 0.3) is 0 Å². The molecule has 0 aromatic heterocycles. The van der Waals surface area contributed by atoms with Gasteiger partial charge in [-0.25, -0.2) is 0 Å². The van der Waals surface area contributed by atoms with Crippen LogP contribution in [0, 0.1) is 0 Å². The lowest BCUT2D eigenvalue weighted by atomic mass is 10.4.